The number of hydrogen-bond acceptors (Lipinski definition) is 2. The molecular formula is C9H6BrF2NO. The van der Waals surface area contributed by atoms with E-state index in [1.54, 1.807) is 0 Å². The van der Waals surface area contributed by atoms with Crippen molar-refractivity contribution < 1.29 is 13.6 Å². The Kier molecular flexibility index (Phi) is 3.13. The molecule has 0 aliphatic heterocycles. The Hall–Kier alpha value is -1.06. The lowest BCUT2D eigenvalue weighted by atomic mass is 10.1. The molecule has 0 amide bonds. The van der Waals surface area contributed by atoms with Crippen LogP contribution in [0, 0.1) is 0 Å². The van der Waals surface area contributed by atoms with Crippen LogP contribution in [0.25, 0.3) is 0 Å². The Morgan fingerprint density at radius 1 is 1.43 bits per heavy atom. The van der Waals surface area contributed by atoms with Gasteiger partial charge in [-0.15, -0.1) is 0 Å². The van der Waals surface area contributed by atoms with E-state index in [2.05, 4.69) is 20.9 Å². The van der Waals surface area contributed by atoms with E-state index in [0.29, 0.717) is 4.47 Å². The maximum Gasteiger partial charge on any atom is 0.270 e. The van der Waals surface area contributed by atoms with E-state index >= 15 is 0 Å². The highest BCUT2D eigenvalue weighted by atomic mass is 79.9. The third-order valence-corrected chi connectivity index (χ3v) is 2.02. The summed E-state index contributed by atoms with van der Waals surface area (Å²) >= 11 is 3.05. The molecule has 0 N–H and O–H groups in total. The third-order valence-electron chi connectivity index (χ3n) is 1.56. The lowest BCUT2D eigenvalue weighted by Gasteiger charge is -2.11. The summed E-state index contributed by atoms with van der Waals surface area (Å²) in [6, 6.07) is 3.89. The molecule has 0 spiro atoms. The maximum atomic E-state index is 12.9. The van der Waals surface area contributed by atoms with E-state index in [1.165, 1.54) is 18.2 Å². The summed E-state index contributed by atoms with van der Waals surface area (Å²) in [4.78, 5) is 13.2. The number of aliphatic imine (C=N–C) groups is 1. The van der Waals surface area contributed by atoms with Gasteiger partial charge in [0.2, 0.25) is 6.08 Å². The topological polar surface area (TPSA) is 29.4 Å². The van der Waals surface area contributed by atoms with Crippen LogP contribution in [0.1, 0.15) is 12.5 Å². The minimum absolute atomic E-state index is 0.158. The van der Waals surface area contributed by atoms with Crippen molar-refractivity contribution in [3.05, 3.63) is 28.2 Å². The number of isocyanates is 1. The van der Waals surface area contributed by atoms with Crippen molar-refractivity contribution >= 4 is 27.7 Å². The van der Waals surface area contributed by atoms with Crippen LogP contribution in [0.4, 0.5) is 14.5 Å². The first-order chi connectivity index (χ1) is 6.43. The molecule has 14 heavy (non-hydrogen) atoms. The Balaban J connectivity index is 3.27. The highest BCUT2D eigenvalue weighted by Crippen LogP contribution is 2.32. The van der Waals surface area contributed by atoms with E-state index in [1.807, 2.05) is 0 Å². The number of alkyl halides is 2. The van der Waals surface area contributed by atoms with Gasteiger partial charge in [0.05, 0.1) is 5.69 Å². The van der Waals surface area contributed by atoms with Crippen molar-refractivity contribution in [3.63, 3.8) is 0 Å². The molecule has 5 heteroatoms. The Morgan fingerprint density at radius 2 is 2.07 bits per heavy atom. The summed E-state index contributed by atoms with van der Waals surface area (Å²) in [7, 11) is 0. The van der Waals surface area contributed by atoms with Gasteiger partial charge in [0.25, 0.3) is 5.92 Å². The van der Waals surface area contributed by atoms with Crippen LogP contribution in [0.3, 0.4) is 0 Å². The van der Waals surface area contributed by atoms with Crippen LogP contribution in [0.2, 0.25) is 0 Å². The normalized spacial score (nSPS) is 10.9. The predicted octanol–water partition coefficient (Wildman–Crippen LogP) is 3.53. The van der Waals surface area contributed by atoms with Crippen molar-refractivity contribution in [2.45, 2.75) is 12.8 Å². The van der Waals surface area contributed by atoms with Gasteiger partial charge in [0.1, 0.15) is 0 Å². The van der Waals surface area contributed by atoms with Gasteiger partial charge in [-0.25, -0.2) is 13.6 Å². The van der Waals surface area contributed by atoms with Gasteiger partial charge in [0.15, 0.2) is 0 Å². The minimum atomic E-state index is -2.95. The number of rotatable bonds is 2. The summed E-state index contributed by atoms with van der Waals surface area (Å²) in [6.45, 7) is 0.781. The fraction of sp³-hybridized carbons (Fsp3) is 0.222. The predicted molar refractivity (Wildman–Crippen MR) is 51.5 cm³/mol. The summed E-state index contributed by atoms with van der Waals surface area (Å²) in [5.74, 6) is -2.95. The Bertz CT molecular complexity index is 394. The number of halogens is 3. The number of nitrogens with zero attached hydrogens (tertiary/aromatic N) is 1. The Morgan fingerprint density at radius 3 is 2.57 bits per heavy atom. The van der Waals surface area contributed by atoms with E-state index in [0.717, 1.165) is 13.0 Å². The molecule has 74 valence electrons. The molecule has 0 fully saturated rings. The van der Waals surface area contributed by atoms with E-state index in [9.17, 15) is 13.6 Å². The zero-order valence-corrected chi connectivity index (χ0v) is 8.81. The summed E-state index contributed by atoms with van der Waals surface area (Å²) in [5.41, 5.74) is -0.0354. The van der Waals surface area contributed by atoms with Crippen molar-refractivity contribution in [2.75, 3.05) is 0 Å². The van der Waals surface area contributed by atoms with Crippen molar-refractivity contribution in [1.82, 2.24) is 0 Å². The van der Waals surface area contributed by atoms with Crippen LogP contribution in [-0.2, 0) is 10.7 Å². The molecule has 0 unspecified atom stereocenters. The van der Waals surface area contributed by atoms with Gasteiger partial charge in [-0.3, -0.25) is 0 Å². The fourth-order valence-electron chi connectivity index (χ4n) is 0.945. The van der Waals surface area contributed by atoms with Crippen molar-refractivity contribution in [1.29, 1.82) is 0 Å². The van der Waals surface area contributed by atoms with Gasteiger partial charge < -0.3 is 0 Å². The number of hydrogen-bond donors (Lipinski definition) is 0. The van der Waals surface area contributed by atoms with E-state index in [-0.39, 0.29) is 11.3 Å². The Labute approximate surface area is 87.8 Å². The van der Waals surface area contributed by atoms with Crippen LogP contribution in [0.15, 0.2) is 27.7 Å². The lowest BCUT2D eigenvalue weighted by molar-refractivity contribution is 0.0174. The second kappa shape index (κ2) is 3.98. The largest absolute Gasteiger partial charge is 0.270 e. The first kappa shape index (κ1) is 11.0. The second-order valence-corrected chi connectivity index (χ2v) is 3.71. The zero-order valence-electron chi connectivity index (χ0n) is 7.22. The van der Waals surface area contributed by atoms with Crippen LogP contribution in [-0.4, -0.2) is 6.08 Å². The summed E-state index contributed by atoms with van der Waals surface area (Å²) < 4.78 is 26.2. The molecule has 0 heterocycles. The van der Waals surface area contributed by atoms with Crippen molar-refractivity contribution in [3.8, 4) is 0 Å². The third kappa shape index (κ3) is 2.72. The molecule has 1 aromatic carbocycles. The fourth-order valence-corrected chi connectivity index (χ4v) is 1.43. The average Bonchev–Trinajstić information content (AvgIpc) is 2.02. The highest BCUT2D eigenvalue weighted by molar-refractivity contribution is 9.10. The van der Waals surface area contributed by atoms with Gasteiger partial charge in [-0.05, 0) is 18.2 Å². The SMILES string of the molecule is CC(F)(F)c1cc(Br)cc(N=C=O)c1. The molecule has 2 nitrogen and oxygen atoms in total. The maximum absolute atomic E-state index is 12.9. The molecule has 1 rings (SSSR count). The smallest absolute Gasteiger partial charge is 0.211 e. The van der Waals surface area contributed by atoms with Crippen molar-refractivity contribution in [2.24, 2.45) is 4.99 Å². The molecule has 0 aliphatic rings. The highest BCUT2D eigenvalue weighted by Gasteiger charge is 2.24. The van der Waals surface area contributed by atoms with E-state index in [4.69, 9.17) is 0 Å². The van der Waals surface area contributed by atoms with Gasteiger partial charge in [0, 0.05) is 17.0 Å². The molecule has 1 aromatic rings. The minimum Gasteiger partial charge on any atom is -0.211 e. The molecule has 0 saturated heterocycles. The van der Waals surface area contributed by atoms with Gasteiger partial charge in [-0.2, -0.15) is 4.99 Å². The van der Waals surface area contributed by atoms with Crippen LogP contribution >= 0.6 is 15.9 Å². The summed E-state index contributed by atoms with van der Waals surface area (Å²) in [5, 5.41) is 0. The monoisotopic (exact) mass is 261 g/mol. The molecule has 0 radical (unpaired) electrons. The van der Waals surface area contributed by atoms with E-state index < -0.39 is 5.92 Å². The molecular weight excluding hydrogens is 256 g/mol. The molecule has 0 bridgehead atoms. The number of carbonyl (C=O) groups excluding carboxylic acids is 1. The molecule has 0 atom stereocenters. The average molecular weight is 262 g/mol. The quantitative estimate of drug-likeness (QED) is 0.592. The van der Waals surface area contributed by atoms with Crippen LogP contribution < -0.4 is 0 Å². The lowest BCUT2D eigenvalue weighted by Crippen LogP contribution is -2.06. The number of benzene rings is 1. The standard InChI is InChI=1S/C9H6BrF2NO/c1-9(11,12)6-2-7(10)4-8(3-6)13-5-14/h2-4H,1H3. The first-order valence-corrected chi connectivity index (χ1v) is 4.49. The second-order valence-electron chi connectivity index (χ2n) is 2.79. The first-order valence-electron chi connectivity index (χ1n) is 3.70. The van der Waals surface area contributed by atoms with Crippen LogP contribution in [0.5, 0.6) is 0 Å². The van der Waals surface area contributed by atoms with Gasteiger partial charge in [-0.1, -0.05) is 15.9 Å². The zero-order chi connectivity index (χ0) is 10.8. The summed E-state index contributed by atoms with van der Waals surface area (Å²) in [6.07, 6.45) is 1.30. The van der Waals surface area contributed by atoms with Gasteiger partial charge >= 0.3 is 0 Å². The molecule has 0 saturated carbocycles. The molecule has 0 aliphatic carbocycles. The molecule has 0 aromatic heterocycles.